The van der Waals surface area contributed by atoms with Crippen LogP contribution in [0.1, 0.15) is 26.2 Å². The van der Waals surface area contributed by atoms with Crippen LogP contribution in [-0.2, 0) is 4.57 Å². The van der Waals surface area contributed by atoms with Gasteiger partial charge in [0, 0.05) is 6.16 Å². The lowest BCUT2D eigenvalue weighted by molar-refractivity contribution is 0.471. The minimum atomic E-state index is -2.24. The Bertz CT molecular complexity index is 119. The summed E-state index contributed by atoms with van der Waals surface area (Å²) in [5, 5.41) is 0. The minimum absolute atomic E-state index is 0.469. The molecular formula is C7H18NO2P. The topological polar surface area (TPSA) is 63.3 Å². The van der Waals surface area contributed by atoms with E-state index in [2.05, 4.69) is 6.92 Å². The summed E-state index contributed by atoms with van der Waals surface area (Å²) in [7, 11) is -2.24. The Balaban J connectivity index is 3.22. The summed E-state index contributed by atoms with van der Waals surface area (Å²) in [5.74, 6) is 0.541. The van der Waals surface area contributed by atoms with Crippen LogP contribution in [0, 0.1) is 5.92 Å². The molecule has 0 aromatic carbocycles. The van der Waals surface area contributed by atoms with Gasteiger partial charge in [-0.05, 0) is 31.7 Å². The Morgan fingerprint density at radius 3 is 2.64 bits per heavy atom. The van der Waals surface area contributed by atoms with E-state index in [1.807, 2.05) is 0 Å². The van der Waals surface area contributed by atoms with Crippen LogP contribution in [-0.4, -0.2) is 17.6 Å². The van der Waals surface area contributed by atoms with Crippen molar-refractivity contribution in [3.05, 3.63) is 0 Å². The zero-order valence-electron chi connectivity index (χ0n) is 7.05. The summed E-state index contributed by atoms with van der Waals surface area (Å²) < 4.78 is 10.3. The smallest absolute Gasteiger partial charge is 0.189 e. The monoisotopic (exact) mass is 179 g/mol. The van der Waals surface area contributed by atoms with Gasteiger partial charge < -0.3 is 10.6 Å². The molecule has 0 aliphatic rings. The molecular weight excluding hydrogens is 161 g/mol. The average molecular weight is 179 g/mol. The molecule has 0 amide bonds. The van der Waals surface area contributed by atoms with Crippen LogP contribution in [0.25, 0.3) is 0 Å². The van der Waals surface area contributed by atoms with Gasteiger partial charge in [-0.15, -0.1) is 0 Å². The SMILES string of the molecule is CC(CCCN)CC[PH](=O)O. The molecule has 0 saturated heterocycles. The fourth-order valence-electron chi connectivity index (χ4n) is 0.981. The molecule has 0 heterocycles. The maximum absolute atomic E-state index is 10.3. The summed E-state index contributed by atoms with van der Waals surface area (Å²) in [6.45, 7) is 2.82. The standard InChI is InChI=1S/C7H18NO2P/c1-7(3-2-5-8)4-6-11(9)10/h7,11H,2-6,8H2,1H3,(H,9,10). The van der Waals surface area contributed by atoms with E-state index in [0.717, 1.165) is 25.8 Å². The zero-order valence-corrected chi connectivity index (χ0v) is 8.05. The van der Waals surface area contributed by atoms with E-state index in [-0.39, 0.29) is 0 Å². The highest BCUT2D eigenvalue weighted by Gasteiger charge is 2.02. The molecule has 0 aliphatic heterocycles. The number of nitrogens with two attached hydrogens (primary N) is 1. The molecule has 11 heavy (non-hydrogen) atoms. The Morgan fingerprint density at radius 1 is 1.55 bits per heavy atom. The molecule has 0 rings (SSSR count). The first kappa shape index (κ1) is 11.2. The molecule has 3 N–H and O–H groups in total. The molecule has 0 aliphatic carbocycles. The van der Waals surface area contributed by atoms with Gasteiger partial charge in [0.05, 0.1) is 0 Å². The van der Waals surface area contributed by atoms with Gasteiger partial charge in [-0.2, -0.15) is 0 Å². The summed E-state index contributed by atoms with van der Waals surface area (Å²) in [6.07, 6.45) is 3.42. The maximum Gasteiger partial charge on any atom is 0.189 e. The van der Waals surface area contributed by atoms with Crippen LogP contribution in [0.3, 0.4) is 0 Å². The molecule has 4 heteroatoms. The molecule has 2 unspecified atom stereocenters. The second kappa shape index (κ2) is 6.84. The van der Waals surface area contributed by atoms with Gasteiger partial charge >= 0.3 is 0 Å². The first-order valence-corrected chi connectivity index (χ1v) is 5.65. The lowest BCUT2D eigenvalue weighted by Gasteiger charge is -2.07. The molecule has 0 radical (unpaired) electrons. The molecule has 0 aromatic heterocycles. The van der Waals surface area contributed by atoms with Crippen LogP contribution >= 0.6 is 8.03 Å². The molecule has 0 saturated carbocycles. The van der Waals surface area contributed by atoms with Gasteiger partial charge in [0.2, 0.25) is 0 Å². The summed E-state index contributed by atoms with van der Waals surface area (Å²) in [4.78, 5) is 8.55. The van der Waals surface area contributed by atoms with Crippen molar-refractivity contribution in [3.8, 4) is 0 Å². The quantitative estimate of drug-likeness (QED) is 0.602. The van der Waals surface area contributed by atoms with Gasteiger partial charge in [-0.1, -0.05) is 6.92 Å². The molecule has 0 fully saturated rings. The number of hydrogen-bond donors (Lipinski definition) is 2. The predicted octanol–water partition coefficient (Wildman–Crippen LogP) is 1.22. The molecule has 68 valence electrons. The van der Waals surface area contributed by atoms with Crippen molar-refractivity contribution in [1.82, 2.24) is 0 Å². The van der Waals surface area contributed by atoms with E-state index in [0.29, 0.717) is 12.1 Å². The number of hydrogen-bond acceptors (Lipinski definition) is 2. The summed E-state index contributed by atoms with van der Waals surface area (Å²) >= 11 is 0. The average Bonchev–Trinajstić information content (AvgIpc) is 1.97. The van der Waals surface area contributed by atoms with Crippen LogP contribution in [0.2, 0.25) is 0 Å². The Hall–Kier alpha value is 0.150. The van der Waals surface area contributed by atoms with Gasteiger partial charge in [0.25, 0.3) is 0 Å². The van der Waals surface area contributed by atoms with Crippen molar-refractivity contribution >= 4 is 8.03 Å². The Labute approximate surface area is 68.9 Å². The van der Waals surface area contributed by atoms with E-state index in [4.69, 9.17) is 10.6 Å². The normalized spacial score (nSPS) is 16.3. The van der Waals surface area contributed by atoms with Crippen molar-refractivity contribution in [3.63, 3.8) is 0 Å². The van der Waals surface area contributed by atoms with E-state index >= 15 is 0 Å². The van der Waals surface area contributed by atoms with Crippen molar-refractivity contribution < 1.29 is 9.46 Å². The lowest BCUT2D eigenvalue weighted by Crippen LogP contribution is -2.03. The highest BCUT2D eigenvalue weighted by atomic mass is 31.1. The van der Waals surface area contributed by atoms with Crippen LogP contribution in [0.15, 0.2) is 0 Å². The van der Waals surface area contributed by atoms with Crippen LogP contribution in [0.5, 0.6) is 0 Å². The minimum Gasteiger partial charge on any atom is -0.346 e. The van der Waals surface area contributed by atoms with Gasteiger partial charge in [0.15, 0.2) is 8.03 Å². The molecule has 0 bridgehead atoms. The Kier molecular flexibility index (Phi) is 6.93. The summed E-state index contributed by atoms with van der Waals surface area (Å²) in [5.41, 5.74) is 5.33. The summed E-state index contributed by atoms with van der Waals surface area (Å²) in [6, 6.07) is 0. The van der Waals surface area contributed by atoms with Crippen molar-refractivity contribution in [2.45, 2.75) is 26.2 Å². The van der Waals surface area contributed by atoms with Gasteiger partial charge in [0.1, 0.15) is 0 Å². The third-order valence-electron chi connectivity index (χ3n) is 1.75. The zero-order chi connectivity index (χ0) is 8.69. The lowest BCUT2D eigenvalue weighted by atomic mass is 10.0. The van der Waals surface area contributed by atoms with Crippen LogP contribution < -0.4 is 5.73 Å². The Morgan fingerprint density at radius 2 is 2.18 bits per heavy atom. The highest BCUT2D eigenvalue weighted by molar-refractivity contribution is 7.37. The van der Waals surface area contributed by atoms with E-state index in [1.54, 1.807) is 0 Å². The third kappa shape index (κ3) is 8.05. The van der Waals surface area contributed by atoms with Crippen LogP contribution in [0.4, 0.5) is 0 Å². The van der Waals surface area contributed by atoms with E-state index in [9.17, 15) is 4.57 Å². The highest BCUT2D eigenvalue weighted by Crippen LogP contribution is 2.19. The van der Waals surface area contributed by atoms with E-state index < -0.39 is 8.03 Å². The van der Waals surface area contributed by atoms with Gasteiger partial charge in [-0.3, -0.25) is 4.57 Å². The predicted molar refractivity (Wildman–Crippen MR) is 48.2 cm³/mol. The molecule has 0 spiro atoms. The number of rotatable bonds is 6. The van der Waals surface area contributed by atoms with Crippen molar-refractivity contribution in [2.24, 2.45) is 11.7 Å². The van der Waals surface area contributed by atoms with Crippen molar-refractivity contribution in [1.29, 1.82) is 0 Å². The third-order valence-corrected chi connectivity index (χ3v) is 2.47. The maximum atomic E-state index is 10.3. The first-order valence-electron chi connectivity index (χ1n) is 4.08. The fourth-order valence-corrected chi connectivity index (χ4v) is 1.72. The fraction of sp³-hybridized carbons (Fsp3) is 1.00. The second-order valence-electron chi connectivity index (χ2n) is 2.97. The largest absolute Gasteiger partial charge is 0.346 e. The molecule has 3 nitrogen and oxygen atoms in total. The van der Waals surface area contributed by atoms with Crippen molar-refractivity contribution in [2.75, 3.05) is 12.7 Å². The van der Waals surface area contributed by atoms with E-state index in [1.165, 1.54) is 0 Å². The molecule has 0 aromatic rings. The molecule has 2 atom stereocenters. The second-order valence-corrected chi connectivity index (χ2v) is 4.26. The first-order chi connectivity index (χ1) is 5.16. The van der Waals surface area contributed by atoms with Gasteiger partial charge in [-0.25, -0.2) is 0 Å².